The molecule has 0 bridgehead atoms. The average molecular weight is 247 g/mol. The molecule has 0 atom stereocenters. The highest BCUT2D eigenvalue weighted by Gasteiger charge is 2.31. The van der Waals surface area contributed by atoms with Crippen LogP contribution in [0.4, 0.5) is 5.82 Å². The Morgan fingerprint density at radius 1 is 1.22 bits per heavy atom. The molecule has 0 amide bonds. The van der Waals surface area contributed by atoms with Crippen molar-refractivity contribution in [2.75, 3.05) is 31.1 Å². The summed E-state index contributed by atoms with van der Waals surface area (Å²) in [5, 5.41) is 9.16. The van der Waals surface area contributed by atoms with Gasteiger partial charge in [-0.25, -0.2) is 4.98 Å². The molecule has 0 unspecified atom stereocenters. The Hall–Kier alpha value is -1.13. The minimum atomic E-state index is 0.0779. The van der Waals surface area contributed by atoms with Crippen molar-refractivity contribution in [1.82, 2.24) is 9.88 Å². The molecule has 4 nitrogen and oxygen atoms in total. The number of hydrogen-bond acceptors (Lipinski definition) is 4. The van der Waals surface area contributed by atoms with Crippen LogP contribution >= 0.6 is 0 Å². The van der Waals surface area contributed by atoms with Gasteiger partial charge in [0.25, 0.3) is 0 Å². The number of aliphatic hydroxyl groups excluding tert-OH is 1. The molecule has 1 aromatic rings. The van der Waals surface area contributed by atoms with Crippen LogP contribution in [0.25, 0.3) is 0 Å². The number of pyridine rings is 1. The highest BCUT2D eigenvalue weighted by atomic mass is 16.3. The summed E-state index contributed by atoms with van der Waals surface area (Å²) in [5.74, 6) is 1.06. The molecule has 2 heterocycles. The normalized spacial score (nSPS) is 21.3. The van der Waals surface area contributed by atoms with Crippen molar-refractivity contribution in [2.24, 2.45) is 0 Å². The second-order valence-electron chi connectivity index (χ2n) is 5.33. The minimum Gasteiger partial charge on any atom is -0.392 e. The number of hydrogen-bond donors (Lipinski definition) is 1. The van der Waals surface area contributed by atoms with Gasteiger partial charge in [0.05, 0.1) is 6.61 Å². The summed E-state index contributed by atoms with van der Waals surface area (Å²) in [6.45, 7) is 6.51. The van der Waals surface area contributed by atoms with Crippen molar-refractivity contribution in [3.8, 4) is 0 Å². The van der Waals surface area contributed by atoms with Crippen LogP contribution in [0, 0.1) is 6.92 Å². The second-order valence-corrected chi connectivity index (χ2v) is 5.33. The van der Waals surface area contributed by atoms with E-state index in [-0.39, 0.29) is 6.61 Å². The fourth-order valence-corrected chi connectivity index (χ4v) is 2.68. The van der Waals surface area contributed by atoms with Crippen LogP contribution in [-0.2, 0) is 6.61 Å². The second kappa shape index (κ2) is 4.86. The largest absolute Gasteiger partial charge is 0.392 e. The zero-order valence-corrected chi connectivity index (χ0v) is 11.0. The molecule has 0 radical (unpaired) electrons. The molecule has 1 N–H and O–H groups in total. The lowest BCUT2D eigenvalue weighted by atomic mass is 10.2. The Bertz CT molecular complexity index is 423. The zero-order chi connectivity index (χ0) is 12.5. The Labute approximate surface area is 108 Å². The van der Waals surface area contributed by atoms with Gasteiger partial charge in [-0.05, 0) is 31.4 Å². The third kappa shape index (κ3) is 2.35. The Balaban J connectivity index is 1.66. The van der Waals surface area contributed by atoms with Crippen LogP contribution in [0.3, 0.4) is 0 Å². The fourth-order valence-electron chi connectivity index (χ4n) is 2.68. The summed E-state index contributed by atoms with van der Waals surface area (Å²) in [7, 11) is 0. The first-order chi connectivity index (χ1) is 8.78. The van der Waals surface area contributed by atoms with Crippen molar-refractivity contribution in [3.63, 3.8) is 0 Å². The molecule has 1 saturated heterocycles. The van der Waals surface area contributed by atoms with Gasteiger partial charge >= 0.3 is 0 Å². The lowest BCUT2D eigenvalue weighted by Crippen LogP contribution is -2.47. The van der Waals surface area contributed by atoms with Crippen LogP contribution in [0.2, 0.25) is 0 Å². The highest BCUT2D eigenvalue weighted by Crippen LogP contribution is 2.28. The van der Waals surface area contributed by atoms with E-state index in [1.165, 1.54) is 12.8 Å². The van der Waals surface area contributed by atoms with E-state index in [1.54, 1.807) is 0 Å². The monoisotopic (exact) mass is 247 g/mol. The number of aliphatic hydroxyl groups is 1. The quantitative estimate of drug-likeness (QED) is 0.870. The summed E-state index contributed by atoms with van der Waals surface area (Å²) in [5.41, 5.74) is 1.87. The SMILES string of the molecule is Cc1nc(N2CCN(C3CC3)CC2)ccc1CO. The van der Waals surface area contributed by atoms with Gasteiger partial charge in [-0.15, -0.1) is 0 Å². The molecular formula is C14H21N3O. The summed E-state index contributed by atoms with van der Waals surface area (Å²) in [6.07, 6.45) is 2.78. The molecule has 98 valence electrons. The van der Waals surface area contributed by atoms with E-state index in [4.69, 9.17) is 5.11 Å². The molecule has 18 heavy (non-hydrogen) atoms. The molecule has 2 fully saturated rings. The smallest absolute Gasteiger partial charge is 0.128 e. The molecule has 0 aromatic carbocycles. The number of rotatable bonds is 3. The van der Waals surface area contributed by atoms with E-state index in [0.717, 1.165) is 49.3 Å². The van der Waals surface area contributed by atoms with Gasteiger partial charge in [0.1, 0.15) is 5.82 Å². The first-order valence-corrected chi connectivity index (χ1v) is 6.84. The topological polar surface area (TPSA) is 39.6 Å². The third-order valence-electron chi connectivity index (χ3n) is 4.05. The van der Waals surface area contributed by atoms with Gasteiger partial charge in [0, 0.05) is 37.9 Å². The zero-order valence-electron chi connectivity index (χ0n) is 11.0. The Kier molecular flexibility index (Phi) is 3.22. The van der Waals surface area contributed by atoms with Crippen molar-refractivity contribution in [3.05, 3.63) is 23.4 Å². The lowest BCUT2D eigenvalue weighted by molar-refractivity contribution is 0.247. The van der Waals surface area contributed by atoms with E-state index < -0.39 is 0 Å². The van der Waals surface area contributed by atoms with Crippen LogP contribution in [0.1, 0.15) is 24.1 Å². The summed E-state index contributed by atoms with van der Waals surface area (Å²) in [4.78, 5) is 9.56. The summed E-state index contributed by atoms with van der Waals surface area (Å²) >= 11 is 0. The molecule has 1 aliphatic heterocycles. The molecular weight excluding hydrogens is 226 g/mol. The van der Waals surface area contributed by atoms with Crippen molar-refractivity contribution < 1.29 is 5.11 Å². The van der Waals surface area contributed by atoms with Crippen molar-refractivity contribution in [2.45, 2.75) is 32.4 Å². The number of piperazine rings is 1. The molecule has 0 spiro atoms. The summed E-state index contributed by atoms with van der Waals surface area (Å²) < 4.78 is 0. The maximum atomic E-state index is 9.16. The maximum Gasteiger partial charge on any atom is 0.128 e. The highest BCUT2D eigenvalue weighted by molar-refractivity contribution is 5.42. The van der Waals surface area contributed by atoms with Crippen molar-refractivity contribution >= 4 is 5.82 Å². The molecule has 2 aliphatic rings. The third-order valence-corrected chi connectivity index (χ3v) is 4.05. The van der Waals surface area contributed by atoms with Gasteiger partial charge in [0.15, 0.2) is 0 Å². The van der Waals surface area contributed by atoms with E-state index in [9.17, 15) is 0 Å². The molecule has 3 rings (SSSR count). The minimum absolute atomic E-state index is 0.0779. The molecule has 1 saturated carbocycles. The fraction of sp³-hybridized carbons (Fsp3) is 0.643. The van der Waals surface area contributed by atoms with Crippen LogP contribution in [0.15, 0.2) is 12.1 Å². The van der Waals surface area contributed by atoms with Crippen LogP contribution in [0.5, 0.6) is 0 Å². The van der Waals surface area contributed by atoms with Crippen molar-refractivity contribution in [1.29, 1.82) is 0 Å². The number of aromatic nitrogens is 1. The van der Waals surface area contributed by atoms with Gasteiger partial charge in [0.2, 0.25) is 0 Å². The maximum absolute atomic E-state index is 9.16. The molecule has 4 heteroatoms. The van der Waals surface area contributed by atoms with Gasteiger partial charge in [-0.3, -0.25) is 4.90 Å². The van der Waals surface area contributed by atoms with Gasteiger partial charge in [-0.2, -0.15) is 0 Å². The van der Waals surface area contributed by atoms with E-state index in [1.807, 2.05) is 19.1 Å². The first kappa shape index (κ1) is 11.9. The molecule has 1 aromatic heterocycles. The van der Waals surface area contributed by atoms with E-state index >= 15 is 0 Å². The average Bonchev–Trinajstić information content (AvgIpc) is 3.23. The standard InChI is InChI=1S/C14H21N3O/c1-11-12(10-18)2-5-14(15-11)17-8-6-16(7-9-17)13-3-4-13/h2,5,13,18H,3-4,6-10H2,1H3. The number of nitrogens with zero attached hydrogens (tertiary/aromatic N) is 3. The Morgan fingerprint density at radius 3 is 2.50 bits per heavy atom. The lowest BCUT2D eigenvalue weighted by Gasteiger charge is -2.35. The van der Waals surface area contributed by atoms with Crippen LogP contribution < -0.4 is 4.90 Å². The number of anilines is 1. The predicted molar refractivity (Wildman–Crippen MR) is 71.7 cm³/mol. The van der Waals surface area contributed by atoms with Gasteiger partial charge in [-0.1, -0.05) is 6.07 Å². The Morgan fingerprint density at radius 2 is 1.94 bits per heavy atom. The van der Waals surface area contributed by atoms with E-state index in [0.29, 0.717) is 0 Å². The molecule has 1 aliphatic carbocycles. The van der Waals surface area contributed by atoms with Crippen LogP contribution in [-0.4, -0.2) is 47.2 Å². The first-order valence-electron chi connectivity index (χ1n) is 6.84. The van der Waals surface area contributed by atoms with Gasteiger partial charge < -0.3 is 10.0 Å². The summed E-state index contributed by atoms with van der Waals surface area (Å²) in [6, 6.07) is 4.90. The predicted octanol–water partition coefficient (Wildman–Crippen LogP) is 1.17. The van der Waals surface area contributed by atoms with E-state index in [2.05, 4.69) is 14.8 Å². The number of aryl methyl sites for hydroxylation is 1.